The van der Waals surface area contributed by atoms with Crippen molar-refractivity contribution < 1.29 is 0 Å². The molecule has 0 aliphatic heterocycles. The van der Waals surface area contributed by atoms with E-state index in [4.69, 9.17) is 0 Å². The number of rotatable bonds is 3. The van der Waals surface area contributed by atoms with Crippen molar-refractivity contribution in [3.63, 3.8) is 0 Å². The third-order valence-electron chi connectivity index (χ3n) is 2.89. The van der Waals surface area contributed by atoms with Gasteiger partial charge in [0.1, 0.15) is 18.0 Å². The molecule has 18 heavy (non-hydrogen) atoms. The van der Waals surface area contributed by atoms with Crippen molar-refractivity contribution in [3.8, 4) is 0 Å². The second-order valence-electron chi connectivity index (χ2n) is 4.58. The number of nitrogens with one attached hydrogen (secondary N) is 1. The highest BCUT2D eigenvalue weighted by atomic mass is 15.2. The highest BCUT2D eigenvalue weighted by Gasteiger charge is 2.02. The molecule has 0 saturated carbocycles. The van der Waals surface area contributed by atoms with Crippen LogP contribution in [0, 0.1) is 13.8 Å². The van der Waals surface area contributed by atoms with E-state index in [1.54, 1.807) is 6.33 Å². The number of aromatic nitrogens is 2. The minimum Gasteiger partial charge on any atom is -0.363 e. The molecular weight excluding hydrogens is 224 g/mol. The van der Waals surface area contributed by atoms with Crippen LogP contribution in [0.15, 0.2) is 30.6 Å². The van der Waals surface area contributed by atoms with Crippen molar-refractivity contribution >= 4 is 17.3 Å². The van der Waals surface area contributed by atoms with Gasteiger partial charge in [0.05, 0.1) is 0 Å². The standard InChI is InChI=1S/C14H18N4/c1-10-5-6-12(7-11(10)2)17-13-8-14(18(3)4)16-9-15-13/h5-9H,1-4H3,(H,15,16,17). The van der Waals surface area contributed by atoms with E-state index in [9.17, 15) is 0 Å². The van der Waals surface area contributed by atoms with Gasteiger partial charge in [-0.1, -0.05) is 6.07 Å². The van der Waals surface area contributed by atoms with Crippen LogP contribution in [0.3, 0.4) is 0 Å². The van der Waals surface area contributed by atoms with Gasteiger partial charge >= 0.3 is 0 Å². The average molecular weight is 242 g/mol. The predicted molar refractivity (Wildman–Crippen MR) is 75.6 cm³/mol. The summed E-state index contributed by atoms with van der Waals surface area (Å²) in [5.74, 6) is 1.69. The van der Waals surface area contributed by atoms with E-state index in [0.717, 1.165) is 17.3 Å². The van der Waals surface area contributed by atoms with E-state index in [1.807, 2.05) is 25.1 Å². The summed E-state index contributed by atoms with van der Waals surface area (Å²) >= 11 is 0. The molecular formula is C14H18N4. The first kappa shape index (κ1) is 12.4. The zero-order chi connectivity index (χ0) is 13.1. The van der Waals surface area contributed by atoms with Gasteiger partial charge in [-0.05, 0) is 37.1 Å². The predicted octanol–water partition coefficient (Wildman–Crippen LogP) is 2.90. The van der Waals surface area contributed by atoms with Crippen molar-refractivity contribution in [2.45, 2.75) is 13.8 Å². The van der Waals surface area contributed by atoms with E-state index in [-0.39, 0.29) is 0 Å². The van der Waals surface area contributed by atoms with Crippen molar-refractivity contribution in [2.75, 3.05) is 24.3 Å². The van der Waals surface area contributed by atoms with Crippen LogP contribution < -0.4 is 10.2 Å². The lowest BCUT2D eigenvalue weighted by molar-refractivity contribution is 1.04. The van der Waals surface area contributed by atoms with Gasteiger partial charge in [-0.3, -0.25) is 0 Å². The SMILES string of the molecule is Cc1ccc(Nc2cc(N(C)C)ncn2)cc1C. The Balaban J connectivity index is 2.23. The van der Waals surface area contributed by atoms with Gasteiger partial charge in [-0.2, -0.15) is 0 Å². The maximum Gasteiger partial charge on any atom is 0.135 e. The number of aryl methyl sites for hydroxylation is 2. The molecule has 1 aromatic carbocycles. The Hall–Kier alpha value is -2.10. The molecule has 1 N–H and O–H groups in total. The van der Waals surface area contributed by atoms with Crippen LogP contribution in [0.25, 0.3) is 0 Å². The Morgan fingerprint density at radius 2 is 1.78 bits per heavy atom. The van der Waals surface area contributed by atoms with Gasteiger partial charge in [0.2, 0.25) is 0 Å². The molecule has 0 bridgehead atoms. The van der Waals surface area contributed by atoms with Gasteiger partial charge in [0, 0.05) is 25.8 Å². The topological polar surface area (TPSA) is 41.0 Å². The minimum atomic E-state index is 0.803. The highest BCUT2D eigenvalue weighted by molar-refractivity contribution is 5.60. The summed E-state index contributed by atoms with van der Waals surface area (Å²) in [4.78, 5) is 10.4. The Kier molecular flexibility index (Phi) is 3.46. The number of benzene rings is 1. The highest BCUT2D eigenvalue weighted by Crippen LogP contribution is 2.19. The molecule has 0 unspecified atom stereocenters. The lowest BCUT2D eigenvalue weighted by atomic mass is 10.1. The normalized spacial score (nSPS) is 10.2. The smallest absolute Gasteiger partial charge is 0.135 e. The summed E-state index contributed by atoms with van der Waals surface area (Å²) in [6.07, 6.45) is 1.57. The Labute approximate surface area is 108 Å². The molecule has 2 rings (SSSR count). The Morgan fingerprint density at radius 3 is 2.44 bits per heavy atom. The molecule has 94 valence electrons. The van der Waals surface area contributed by atoms with Crippen LogP contribution in [-0.4, -0.2) is 24.1 Å². The maximum absolute atomic E-state index is 4.22. The Bertz CT molecular complexity index is 549. The molecule has 0 amide bonds. The largest absolute Gasteiger partial charge is 0.363 e. The van der Waals surface area contributed by atoms with Crippen LogP contribution >= 0.6 is 0 Å². The fourth-order valence-corrected chi connectivity index (χ4v) is 1.63. The van der Waals surface area contributed by atoms with Crippen LogP contribution in [0.5, 0.6) is 0 Å². The summed E-state index contributed by atoms with van der Waals surface area (Å²) in [7, 11) is 3.92. The molecule has 1 heterocycles. The fraction of sp³-hybridized carbons (Fsp3) is 0.286. The lowest BCUT2D eigenvalue weighted by Crippen LogP contribution is -2.11. The fourth-order valence-electron chi connectivity index (χ4n) is 1.63. The summed E-state index contributed by atoms with van der Waals surface area (Å²) in [6.45, 7) is 4.21. The van der Waals surface area contributed by atoms with Crippen LogP contribution in [0.2, 0.25) is 0 Å². The van der Waals surface area contributed by atoms with Crippen molar-refractivity contribution in [1.82, 2.24) is 9.97 Å². The third kappa shape index (κ3) is 2.77. The number of anilines is 3. The summed E-state index contributed by atoms with van der Waals surface area (Å²) in [5.41, 5.74) is 3.60. The Morgan fingerprint density at radius 1 is 1.00 bits per heavy atom. The molecule has 0 aliphatic rings. The van der Waals surface area contributed by atoms with E-state index >= 15 is 0 Å². The first-order valence-electron chi connectivity index (χ1n) is 5.90. The van der Waals surface area contributed by atoms with Gasteiger partial charge in [0.25, 0.3) is 0 Å². The van der Waals surface area contributed by atoms with Gasteiger partial charge in [-0.25, -0.2) is 9.97 Å². The summed E-state index contributed by atoms with van der Waals surface area (Å²) < 4.78 is 0. The zero-order valence-corrected chi connectivity index (χ0v) is 11.2. The molecule has 0 atom stereocenters. The molecule has 0 aliphatic carbocycles. The molecule has 0 radical (unpaired) electrons. The van der Waals surface area contributed by atoms with E-state index < -0.39 is 0 Å². The van der Waals surface area contributed by atoms with E-state index in [1.165, 1.54) is 11.1 Å². The van der Waals surface area contributed by atoms with Crippen molar-refractivity contribution in [3.05, 3.63) is 41.7 Å². The summed E-state index contributed by atoms with van der Waals surface area (Å²) in [5, 5.41) is 3.29. The first-order valence-corrected chi connectivity index (χ1v) is 5.90. The lowest BCUT2D eigenvalue weighted by Gasteiger charge is -2.13. The van der Waals surface area contributed by atoms with E-state index in [0.29, 0.717) is 0 Å². The quantitative estimate of drug-likeness (QED) is 0.898. The average Bonchev–Trinajstić information content (AvgIpc) is 2.34. The molecule has 4 heteroatoms. The number of hydrogen-bond donors (Lipinski definition) is 1. The first-order chi connectivity index (χ1) is 8.56. The van der Waals surface area contributed by atoms with Crippen LogP contribution in [-0.2, 0) is 0 Å². The zero-order valence-electron chi connectivity index (χ0n) is 11.2. The van der Waals surface area contributed by atoms with Crippen LogP contribution in [0.1, 0.15) is 11.1 Å². The van der Waals surface area contributed by atoms with Crippen molar-refractivity contribution in [2.24, 2.45) is 0 Å². The maximum atomic E-state index is 4.22. The molecule has 0 spiro atoms. The number of hydrogen-bond acceptors (Lipinski definition) is 4. The van der Waals surface area contributed by atoms with Gasteiger partial charge in [0.15, 0.2) is 0 Å². The molecule has 0 saturated heterocycles. The molecule has 0 fully saturated rings. The van der Waals surface area contributed by atoms with E-state index in [2.05, 4.69) is 47.3 Å². The second-order valence-corrected chi connectivity index (χ2v) is 4.58. The summed E-state index contributed by atoms with van der Waals surface area (Å²) in [6, 6.07) is 8.20. The van der Waals surface area contributed by atoms with Gasteiger partial charge < -0.3 is 10.2 Å². The number of nitrogens with zero attached hydrogens (tertiary/aromatic N) is 3. The monoisotopic (exact) mass is 242 g/mol. The van der Waals surface area contributed by atoms with Crippen molar-refractivity contribution in [1.29, 1.82) is 0 Å². The van der Waals surface area contributed by atoms with Gasteiger partial charge in [-0.15, -0.1) is 0 Å². The minimum absolute atomic E-state index is 0.803. The molecule has 1 aromatic heterocycles. The second kappa shape index (κ2) is 5.04. The third-order valence-corrected chi connectivity index (χ3v) is 2.89. The molecule has 2 aromatic rings. The molecule has 4 nitrogen and oxygen atoms in total. The van der Waals surface area contributed by atoms with Crippen LogP contribution in [0.4, 0.5) is 17.3 Å².